The van der Waals surface area contributed by atoms with Gasteiger partial charge in [-0.25, -0.2) is 9.48 Å². The Bertz CT molecular complexity index is 1620. The van der Waals surface area contributed by atoms with Gasteiger partial charge in [0.2, 0.25) is 5.91 Å². The molecule has 47 heavy (non-hydrogen) atoms. The Morgan fingerprint density at radius 1 is 1.15 bits per heavy atom. The Morgan fingerprint density at radius 2 is 1.91 bits per heavy atom. The molecule has 2 heterocycles. The molecule has 1 aliphatic rings. The van der Waals surface area contributed by atoms with Gasteiger partial charge in [0.15, 0.2) is 12.1 Å². The molecular weight excluding hydrogens is 602 g/mol. The van der Waals surface area contributed by atoms with Gasteiger partial charge in [-0.1, -0.05) is 31.2 Å². The first-order valence-electron chi connectivity index (χ1n) is 15.7. The number of carbonyl (C=O) groups excluding carboxylic acids is 3. The fraction of sp³-hybridized carbons (Fsp3) is 0.471. The minimum Gasteiger partial charge on any atom is -0.444 e. The summed E-state index contributed by atoms with van der Waals surface area (Å²) in [5.41, 5.74) is 2.06. The maximum Gasteiger partial charge on any atom is 0.412 e. The van der Waals surface area contributed by atoms with E-state index in [9.17, 15) is 19.6 Å². The second-order valence-electron chi connectivity index (χ2n) is 12.9. The first-order chi connectivity index (χ1) is 22.3. The van der Waals surface area contributed by atoms with E-state index in [1.54, 1.807) is 62.0 Å². The van der Waals surface area contributed by atoms with E-state index in [4.69, 9.17) is 14.2 Å². The predicted octanol–water partition coefficient (Wildman–Crippen LogP) is 5.83. The first kappa shape index (κ1) is 35.1. The molecule has 250 valence electrons. The number of anilines is 3. The van der Waals surface area contributed by atoms with Gasteiger partial charge >= 0.3 is 6.09 Å². The zero-order valence-corrected chi connectivity index (χ0v) is 27.8. The van der Waals surface area contributed by atoms with Crippen LogP contribution in [0.25, 0.3) is 5.69 Å². The Kier molecular flexibility index (Phi) is 11.7. The molecule has 0 bridgehead atoms. The van der Waals surface area contributed by atoms with E-state index in [0.29, 0.717) is 47.3 Å². The molecule has 4 rings (SSSR count). The number of Topliss-reactive ketones (excluding diaryl/α,β-unsaturated/α-hetero) is 1. The molecule has 1 unspecified atom stereocenters. The van der Waals surface area contributed by atoms with Gasteiger partial charge in [-0.05, 0) is 70.2 Å². The number of nitriles is 1. The van der Waals surface area contributed by atoms with E-state index in [1.165, 1.54) is 6.07 Å². The van der Waals surface area contributed by atoms with Crippen LogP contribution in [0.4, 0.5) is 21.9 Å². The van der Waals surface area contributed by atoms with Gasteiger partial charge in [0.1, 0.15) is 11.7 Å². The summed E-state index contributed by atoms with van der Waals surface area (Å²) in [6, 6.07) is 12.0. The van der Waals surface area contributed by atoms with Crippen LogP contribution in [-0.2, 0) is 25.6 Å². The van der Waals surface area contributed by atoms with E-state index in [1.807, 2.05) is 11.9 Å². The van der Waals surface area contributed by atoms with E-state index >= 15 is 0 Å². The Hall–Kier alpha value is -4.80. The van der Waals surface area contributed by atoms with Crippen LogP contribution < -0.4 is 15.5 Å². The summed E-state index contributed by atoms with van der Waals surface area (Å²) in [6.07, 6.45) is 2.98. The van der Waals surface area contributed by atoms with Crippen LogP contribution in [-0.4, -0.2) is 64.9 Å². The molecule has 1 aromatic heterocycles. The SMILES string of the molecule is CC(C)CN(C)c1cc(NC(=O)OC(C)(C)C)c(NC(=O)CC(=O)c2cccc(-n3nncc3COC3CCCCO3)c2)cc1C#N. The highest BCUT2D eigenvalue weighted by molar-refractivity contribution is 6.12. The fourth-order valence-corrected chi connectivity index (χ4v) is 5.11. The number of nitrogens with one attached hydrogen (secondary N) is 2. The monoisotopic (exact) mass is 645 g/mol. The quantitative estimate of drug-likeness (QED) is 0.181. The summed E-state index contributed by atoms with van der Waals surface area (Å²) in [6.45, 7) is 10.9. The molecule has 1 atom stereocenters. The summed E-state index contributed by atoms with van der Waals surface area (Å²) in [5, 5.41) is 23.5. The van der Waals surface area contributed by atoms with Crippen LogP contribution in [0.2, 0.25) is 0 Å². The molecule has 0 spiro atoms. The van der Waals surface area contributed by atoms with Gasteiger partial charge in [-0.2, -0.15) is 5.26 Å². The van der Waals surface area contributed by atoms with Gasteiger partial charge in [-0.15, -0.1) is 5.10 Å². The highest BCUT2D eigenvalue weighted by Gasteiger charge is 2.22. The summed E-state index contributed by atoms with van der Waals surface area (Å²) in [7, 11) is 1.85. The maximum absolute atomic E-state index is 13.3. The number of carbonyl (C=O) groups is 3. The zero-order valence-electron chi connectivity index (χ0n) is 27.8. The number of ether oxygens (including phenoxy) is 3. The van der Waals surface area contributed by atoms with Crippen molar-refractivity contribution in [3.05, 3.63) is 59.4 Å². The van der Waals surface area contributed by atoms with E-state index in [-0.39, 0.29) is 24.3 Å². The average Bonchev–Trinajstić information content (AvgIpc) is 3.48. The van der Waals surface area contributed by atoms with Crippen molar-refractivity contribution in [3.8, 4) is 11.8 Å². The van der Waals surface area contributed by atoms with Crippen molar-refractivity contribution in [2.45, 2.75) is 78.8 Å². The number of benzene rings is 2. The Balaban J connectivity index is 1.51. The van der Waals surface area contributed by atoms with Crippen molar-refractivity contribution in [2.24, 2.45) is 5.92 Å². The lowest BCUT2D eigenvalue weighted by Gasteiger charge is -2.25. The number of ketones is 1. The Morgan fingerprint density at radius 3 is 2.60 bits per heavy atom. The number of hydrogen-bond donors (Lipinski definition) is 2. The van der Waals surface area contributed by atoms with E-state index in [2.05, 4.69) is 40.9 Å². The van der Waals surface area contributed by atoms with Crippen LogP contribution in [0.3, 0.4) is 0 Å². The van der Waals surface area contributed by atoms with Crippen LogP contribution in [0.5, 0.6) is 0 Å². The molecule has 13 heteroatoms. The largest absolute Gasteiger partial charge is 0.444 e. The lowest BCUT2D eigenvalue weighted by atomic mass is 10.1. The average molecular weight is 646 g/mol. The van der Waals surface area contributed by atoms with Crippen LogP contribution >= 0.6 is 0 Å². The van der Waals surface area contributed by atoms with Crippen molar-refractivity contribution < 1.29 is 28.6 Å². The van der Waals surface area contributed by atoms with E-state index < -0.39 is 29.8 Å². The van der Waals surface area contributed by atoms with E-state index in [0.717, 1.165) is 19.3 Å². The number of aromatic nitrogens is 3. The maximum atomic E-state index is 13.3. The minimum absolute atomic E-state index is 0.162. The molecule has 1 aliphatic heterocycles. The third kappa shape index (κ3) is 10.1. The van der Waals surface area contributed by atoms with Crippen molar-refractivity contribution in [1.82, 2.24) is 15.0 Å². The molecule has 1 fully saturated rings. The molecule has 2 amide bonds. The number of amides is 2. The third-order valence-electron chi connectivity index (χ3n) is 7.12. The number of rotatable bonds is 12. The predicted molar refractivity (Wildman–Crippen MR) is 176 cm³/mol. The first-order valence-corrected chi connectivity index (χ1v) is 15.7. The van der Waals surface area contributed by atoms with Crippen LogP contribution in [0.15, 0.2) is 42.6 Å². The van der Waals surface area contributed by atoms with Gasteiger partial charge in [0.25, 0.3) is 0 Å². The molecule has 2 N–H and O–H groups in total. The topological polar surface area (TPSA) is 161 Å². The number of nitrogens with zero attached hydrogens (tertiary/aromatic N) is 5. The Labute approximate surface area is 275 Å². The molecule has 13 nitrogen and oxygen atoms in total. The highest BCUT2D eigenvalue weighted by Crippen LogP contribution is 2.32. The molecule has 0 radical (unpaired) electrons. The summed E-state index contributed by atoms with van der Waals surface area (Å²) < 4.78 is 18.5. The van der Waals surface area contributed by atoms with Gasteiger partial charge in [0, 0.05) is 25.8 Å². The van der Waals surface area contributed by atoms with Gasteiger partial charge in [0.05, 0.1) is 53.2 Å². The van der Waals surface area contributed by atoms with Crippen LogP contribution in [0.1, 0.15) is 81.9 Å². The summed E-state index contributed by atoms with van der Waals surface area (Å²) in [5.74, 6) is -0.756. The lowest BCUT2D eigenvalue weighted by Crippen LogP contribution is -2.28. The molecule has 0 saturated carbocycles. The second kappa shape index (κ2) is 15.7. The minimum atomic E-state index is -0.762. The van der Waals surface area contributed by atoms with Crippen LogP contribution in [0, 0.1) is 17.2 Å². The smallest absolute Gasteiger partial charge is 0.412 e. The van der Waals surface area contributed by atoms with Crippen molar-refractivity contribution in [1.29, 1.82) is 5.26 Å². The van der Waals surface area contributed by atoms with Crippen molar-refractivity contribution in [2.75, 3.05) is 35.7 Å². The lowest BCUT2D eigenvalue weighted by molar-refractivity contribution is -0.169. The van der Waals surface area contributed by atoms with Gasteiger partial charge < -0.3 is 24.4 Å². The molecule has 2 aromatic carbocycles. The normalized spacial score (nSPS) is 14.7. The molecule has 1 saturated heterocycles. The second-order valence-corrected chi connectivity index (χ2v) is 12.9. The molecular formula is C34H43N7O6. The zero-order chi connectivity index (χ0) is 34.1. The third-order valence-corrected chi connectivity index (χ3v) is 7.12. The standard InChI is InChI=1S/C34H43N7O6/c1-22(2)20-40(6)29-16-28(38-33(44)47-34(3,4)5)27(15-24(29)18-35)37-31(43)17-30(42)23-10-9-11-25(14-23)41-26(19-36-39-41)21-46-32-12-7-8-13-45-32/h9-11,14-16,19,22,32H,7-8,12-13,17,20-21H2,1-6H3,(H,37,43)(H,38,44). The molecule has 0 aliphatic carbocycles. The van der Waals surface area contributed by atoms with Gasteiger partial charge in [-0.3, -0.25) is 14.9 Å². The van der Waals surface area contributed by atoms with Crippen molar-refractivity contribution in [3.63, 3.8) is 0 Å². The highest BCUT2D eigenvalue weighted by atomic mass is 16.7. The summed E-state index contributed by atoms with van der Waals surface area (Å²) in [4.78, 5) is 41.1. The van der Waals surface area contributed by atoms with Crippen molar-refractivity contribution >= 4 is 34.8 Å². The summed E-state index contributed by atoms with van der Waals surface area (Å²) >= 11 is 0. The fourth-order valence-electron chi connectivity index (χ4n) is 5.11. The molecule has 3 aromatic rings. The number of hydrogen-bond acceptors (Lipinski definition) is 10.